The summed E-state index contributed by atoms with van der Waals surface area (Å²) < 4.78 is 4.76. The number of rotatable bonds is 2. The first-order valence-corrected chi connectivity index (χ1v) is 5.04. The second kappa shape index (κ2) is 4.84. The lowest BCUT2D eigenvalue weighted by molar-refractivity contribution is -0.361. The molecule has 0 aliphatic carbocycles. The average molecular weight is 251 g/mol. The summed E-state index contributed by atoms with van der Waals surface area (Å²) in [6.07, 6.45) is -6.67. The van der Waals surface area contributed by atoms with Gasteiger partial charge in [-0.15, -0.1) is 0 Å². The molecule has 5 N–H and O–H groups in total. The fraction of sp³-hybridized carbons (Fsp3) is 0.889. The second-order valence-electron chi connectivity index (χ2n) is 4.01. The van der Waals surface area contributed by atoms with E-state index in [1.807, 2.05) is 0 Å². The van der Waals surface area contributed by atoms with Gasteiger partial charge in [-0.25, -0.2) is 0 Å². The van der Waals surface area contributed by atoms with Gasteiger partial charge in [0.2, 0.25) is 17.9 Å². The van der Waals surface area contributed by atoms with Crippen LogP contribution in [0.2, 0.25) is 0 Å². The summed E-state index contributed by atoms with van der Waals surface area (Å²) in [5.74, 6) is -0.635. The maximum Gasteiger partial charge on any atom is 0.221 e. The zero-order valence-electron chi connectivity index (χ0n) is 9.52. The molecule has 0 unspecified atom stereocenters. The van der Waals surface area contributed by atoms with E-state index < -0.39 is 42.8 Å². The van der Waals surface area contributed by atoms with Crippen LogP contribution in [-0.4, -0.2) is 80.3 Å². The zero-order chi connectivity index (χ0) is 13.4. The van der Waals surface area contributed by atoms with Crippen molar-refractivity contribution in [1.29, 1.82) is 0 Å². The molecule has 0 aromatic carbocycles. The Kier molecular flexibility index (Phi) is 4.07. The topological polar surface area (TPSA) is 131 Å². The molecule has 0 bridgehead atoms. The highest BCUT2D eigenvalue weighted by Crippen LogP contribution is 2.31. The van der Waals surface area contributed by atoms with Crippen molar-refractivity contribution in [3.05, 3.63) is 0 Å². The third kappa shape index (κ3) is 2.15. The molecule has 1 aliphatic heterocycles. The molecule has 8 heteroatoms. The lowest BCUT2D eigenvalue weighted by atomic mass is 9.92. The van der Waals surface area contributed by atoms with Crippen LogP contribution >= 0.6 is 0 Å². The molecular formula is C9H17NO7. The van der Waals surface area contributed by atoms with Crippen LogP contribution in [0.5, 0.6) is 0 Å². The molecule has 1 saturated heterocycles. The Hall–Kier alpha value is -0.770. The fourth-order valence-corrected chi connectivity index (χ4v) is 1.71. The normalized spacial score (nSPS) is 42.3. The van der Waals surface area contributed by atoms with E-state index in [-0.39, 0.29) is 0 Å². The Bertz CT molecular complexity index is 299. The number of hydrogen-bond donors (Lipinski definition) is 5. The highest BCUT2D eigenvalue weighted by molar-refractivity contribution is 5.73. The lowest BCUT2D eigenvalue weighted by Crippen LogP contribution is -2.73. The summed E-state index contributed by atoms with van der Waals surface area (Å²) in [5, 5.41) is 47.8. The zero-order valence-corrected chi connectivity index (χ0v) is 9.52. The summed E-state index contributed by atoms with van der Waals surface area (Å²) in [6.45, 7) is 0.469. The van der Waals surface area contributed by atoms with E-state index in [1.165, 1.54) is 0 Å². The fourth-order valence-electron chi connectivity index (χ4n) is 1.71. The van der Waals surface area contributed by atoms with Crippen molar-refractivity contribution in [3.63, 3.8) is 0 Å². The van der Waals surface area contributed by atoms with Gasteiger partial charge >= 0.3 is 0 Å². The van der Waals surface area contributed by atoms with Gasteiger partial charge in [-0.3, -0.25) is 4.79 Å². The molecule has 5 atom stereocenters. The molecule has 0 spiro atoms. The largest absolute Gasteiger partial charge is 0.394 e. The van der Waals surface area contributed by atoms with Crippen molar-refractivity contribution in [2.24, 2.45) is 0 Å². The van der Waals surface area contributed by atoms with Crippen LogP contribution in [0.25, 0.3) is 0 Å². The van der Waals surface area contributed by atoms with Crippen LogP contribution in [0.1, 0.15) is 6.92 Å². The molecule has 17 heavy (non-hydrogen) atoms. The van der Waals surface area contributed by atoms with E-state index in [0.717, 1.165) is 14.0 Å². The number of hydrogen-bond acceptors (Lipinski definition) is 7. The van der Waals surface area contributed by atoms with Gasteiger partial charge in [-0.2, -0.15) is 0 Å². The van der Waals surface area contributed by atoms with E-state index >= 15 is 0 Å². The Morgan fingerprint density at radius 1 is 1.41 bits per heavy atom. The van der Waals surface area contributed by atoms with E-state index in [0.29, 0.717) is 4.90 Å². The van der Waals surface area contributed by atoms with Gasteiger partial charge < -0.3 is 35.2 Å². The molecule has 0 saturated carbocycles. The van der Waals surface area contributed by atoms with Gasteiger partial charge in [0.1, 0.15) is 18.3 Å². The van der Waals surface area contributed by atoms with E-state index in [2.05, 4.69) is 0 Å². The predicted octanol–water partition coefficient (Wildman–Crippen LogP) is -3.42. The molecule has 0 aromatic heterocycles. The smallest absolute Gasteiger partial charge is 0.221 e. The third-order valence-electron chi connectivity index (χ3n) is 3.00. The van der Waals surface area contributed by atoms with Gasteiger partial charge in [-0.1, -0.05) is 0 Å². The summed E-state index contributed by atoms with van der Waals surface area (Å²) in [5.41, 5.74) is -2.46. The number of ether oxygens (including phenoxy) is 1. The number of carbonyl (C=O) groups excluding carboxylic acids is 1. The molecule has 0 aromatic rings. The van der Waals surface area contributed by atoms with Gasteiger partial charge in [0, 0.05) is 14.0 Å². The van der Waals surface area contributed by atoms with E-state index in [1.54, 1.807) is 0 Å². The highest BCUT2D eigenvalue weighted by atomic mass is 16.6. The predicted molar refractivity (Wildman–Crippen MR) is 53.4 cm³/mol. The maximum atomic E-state index is 11.2. The molecular weight excluding hydrogens is 234 g/mol. The van der Waals surface area contributed by atoms with E-state index in [4.69, 9.17) is 9.84 Å². The third-order valence-corrected chi connectivity index (χ3v) is 3.00. The Labute approximate surface area is 97.7 Å². The summed E-state index contributed by atoms with van der Waals surface area (Å²) >= 11 is 0. The number of aliphatic hydroxyl groups excluding tert-OH is 4. The summed E-state index contributed by atoms with van der Waals surface area (Å²) in [4.78, 5) is 11.8. The minimum Gasteiger partial charge on any atom is -0.394 e. The molecule has 1 rings (SSSR count). The Balaban J connectivity index is 3.03. The van der Waals surface area contributed by atoms with Gasteiger partial charge in [0.25, 0.3) is 0 Å². The van der Waals surface area contributed by atoms with Crippen LogP contribution in [0.15, 0.2) is 0 Å². The standard InChI is InChI=1S/C9H17NO7/c1-4(12)10(2)9(16)7(14)6(13)5(3-11)17-8(9)15/h5-8,11,13-16H,3H2,1-2H3/t5-,6-,7+,8-,9-/m1/s1. The van der Waals surface area contributed by atoms with Gasteiger partial charge in [-0.05, 0) is 0 Å². The highest BCUT2D eigenvalue weighted by Gasteiger charge is 2.57. The van der Waals surface area contributed by atoms with Crippen molar-refractivity contribution in [3.8, 4) is 0 Å². The Morgan fingerprint density at radius 2 is 1.94 bits per heavy atom. The number of likely N-dealkylation sites (N-methyl/N-ethyl adjacent to an activating group) is 1. The van der Waals surface area contributed by atoms with Crippen LogP contribution in [0, 0.1) is 0 Å². The van der Waals surface area contributed by atoms with Crippen molar-refractivity contribution in [1.82, 2.24) is 4.90 Å². The molecule has 8 nitrogen and oxygen atoms in total. The molecule has 1 fully saturated rings. The SMILES string of the molecule is CC(=O)N(C)[C@]1(O)[C@H](O)O[C@H](CO)[C@@H](O)[C@@H]1O. The minimum atomic E-state index is -2.46. The maximum absolute atomic E-state index is 11.2. The summed E-state index contributed by atoms with van der Waals surface area (Å²) in [6, 6.07) is 0. The van der Waals surface area contributed by atoms with Crippen molar-refractivity contribution < 1.29 is 35.1 Å². The number of amides is 1. The first-order chi connectivity index (χ1) is 7.76. The van der Waals surface area contributed by atoms with Gasteiger partial charge in [0.05, 0.1) is 6.61 Å². The summed E-state index contributed by atoms with van der Waals surface area (Å²) in [7, 11) is 1.14. The quantitative estimate of drug-likeness (QED) is 0.323. The van der Waals surface area contributed by atoms with Crippen LogP contribution < -0.4 is 0 Å². The minimum absolute atomic E-state index is 0.635. The Morgan fingerprint density at radius 3 is 2.35 bits per heavy atom. The second-order valence-corrected chi connectivity index (χ2v) is 4.01. The van der Waals surface area contributed by atoms with Crippen molar-refractivity contribution in [2.45, 2.75) is 37.3 Å². The van der Waals surface area contributed by atoms with Crippen LogP contribution in [-0.2, 0) is 9.53 Å². The van der Waals surface area contributed by atoms with Crippen molar-refractivity contribution in [2.75, 3.05) is 13.7 Å². The number of carbonyl (C=O) groups is 1. The first kappa shape index (κ1) is 14.3. The first-order valence-electron chi connectivity index (χ1n) is 5.04. The molecule has 0 radical (unpaired) electrons. The molecule has 1 amide bonds. The lowest BCUT2D eigenvalue weighted by Gasteiger charge is -2.49. The van der Waals surface area contributed by atoms with Crippen LogP contribution in [0.4, 0.5) is 0 Å². The van der Waals surface area contributed by atoms with Crippen molar-refractivity contribution >= 4 is 5.91 Å². The molecule has 100 valence electrons. The van der Waals surface area contributed by atoms with Gasteiger partial charge in [0.15, 0.2) is 0 Å². The molecule has 1 heterocycles. The number of aliphatic hydroxyl groups is 5. The monoisotopic (exact) mass is 251 g/mol. The van der Waals surface area contributed by atoms with Crippen LogP contribution in [0.3, 0.4) is 0 Å². The molecule has 1 aliphatic rings. The number of nitrogens with zero attached hydrogens (tertiary/aromatic N) is 1. The average Bonchev–Trinajstić information content (AvgIpc) is 2.29. The van der Waals surface area contributed by atoms with E-state index in [9.17, 15) is 25.2 Å².